The Bertz CT molecular complexity index is 2520. The van der Waals surface area contributed by atoms with E-state index in [9.17, 15) is 37.4 Å². The normalized spacial score (nSPS) is 12.1. The second kappa shape index (κ2) is 16.3. The monoisotopic (exact) mass is 786 g/mol. The highest BCUT2D eigenvalue weighted by molar-refractivity contribution is 7.20. The first-order valence-electron chi connectivity index (χ1n) is 16.8. The molecule has 8 rings (SSSR count). The van der Waals surface area contributed by atoms with Crippen molar-refractivity contribution in [1.29, 1.82) is 0 Å². The molecule has 0 unspecified atom stereocenters. The standard InChI is InChI=1S/2C22H13F2NO2S/c2*23-15-10-14(11-16(24)12-15)21(27)19(20(26)13-6-2-1-3-7-13)22-25-17-8-4-5-9-18(17)28-22/h2*1-12,27H. The van der Waals surface area contributed by atoms with Crippen LogP contribution in [0.3, 0.4) is 0 Å². The van der Waals surface area contributed by atoms with E-state index in [4.69, 9.17) is 0 Å². The van der Waals surface area contributed by atoms with Crippen molar-refractivity contribution in [3.05, 3.63) is 201 Å². The molecule has 2 N–H and O–H groups in total. The summed E-state index contributed by atoms with van der Waals surface area (Å²) < 4.78 is 56.4. The molecule has 0 fully saturated rings. The number of rotatable bonds is 8. The topological polar surface area (TPSA) is 100 Å². The molecule has 0 spiro atoms. The Kier molecular flexibility index (Phi) is 10.9. The van der Waals surface area contributed by atoms with Crippen LogP contribution in [-0.4, -0.2) is 31.7 Å². The van der Waals surface area contributed by atoms with Crippen molar-refractivity contribution < 1.29 is 37.4 Å². The minimum atomic E-state index is -0.850. The van der Waals surface area contributed by atoms with Gasteiger partial charge in [-0.2, -0.15) is 0 Å². The summed E-state index contributed by atoms with van der Waals surface area (Å²) in [5, 5.41) is 22.2. The van der Waals surface area contributed by atoms with Gasteiger partial charge in [0.2, 0.25) is 0 Å². The first-order chi connectivity index (χ1) is 27.0. The van der Waals surface area contributed by atoms with E-state index in [1.54, 1.807) is 72.8 Å². The van der Waals surface area contributed by atoms with E-state index in [-0.39, 0.29) is 32.3 Å². The number of hydrogen-bond acceptors (Lipinski definition) is 8. The molecule has 6 nitrogen and oxygen atoms in total. The Labute approximate surface area is 324 Å². The van der Waals surface area contributed by atoms with Gasteiger partial charge in [0.15, 0.2) is 11.6 Å². The van der Waals surface area contributed by atoms with E-state index in [1.165, 1.54) is 22.7 Å². The van der Waals surface area contributed by atoms with Crippen LogP contribution in [0, 0.1) is 23.3 Å². The fourth-order valence-electron chi connectivity index (χ4n) is 5.71. The Morgan fingerprint density at radius 1 is 0.429 bits per heavy atom. The number of carbonyl (C=O) groups excluding carboxylic acids is 2. The van der Waals surface area contributed by atoms with Crippen LogP contribution in [0.15, 0.2) is 146 Å². The number of para-hydroxylation sites is 2. The highest BCUT2D eigenvalue weighted by Gasteiger charge is 2.26. The van der Waals surface area contributed by atoms with Gasteiger partial charge in [-0.05, 0) is 48.5 Å². The van der Waals surface area contributed by atoms with Crippen LogP contribution in [0.4, 0.5) is 17.6 Å². The number of aromatic nitrogens is 2. The maximum absolute atomic E-state index is 13.7. The van der Waals surface area contributed by atoms with Crippen molar-refractivity contribution >= 4 is 77.3 Å². The summed E-state index contributed by atoms with van der Waals surface area (Å²) in [4.78, 5) is 35.2. The lowest BCUT2D eigenvalue weighted by molar-refractivity contribution is 0.104. The van der Waals surface area contributed by atoms with Gasteiger partial charge in [0.05, 0.1) is 20.4 Å². The second-order valence-corrected chi connectivity index (χ2v) is 14.2. The molecule has 2 aromatic heterocycles. The second-order valence-electron chi connectivity index (χ2n) is 12.1. The molecular formula is C44H26F4N2O4S2. The third-order valence-corrected chi connectivity index (χ3v) is 10.4. The summed E-state index contributed by atoms with van der Waals surface area (Å²) in [6, 6.07) is 36.6. The molecule has 12 heteroatoms. The predicted octanol–water partition coefficient (Wildman–Crippen LogP) is 11.8. The average Bonchev–Trinajstić information content (AvgIpc) is 3.82. The van der Waals surface area contributed by atoms with Gasteiger partial charge in [0.25, 0.3) is 0 Å². The van der Waals surface area contributed by atoms with Crippen LogP contribution < -0.4 is 0 Å². The summed E-state index contributed by atoms with van der Waals surface area (Å²) in [5.74, 6) is -5.41. The molecular weight excluding hydrogens is 761 g/mol. The third kappa shape index (κ3) is 8.16. The van der Waals surface area contributed by atoms with Crippen LogP contribution in [0.2, 0.25) is 0 Å². The molecule has 56 heavy (non-hydrogen) atoms. The molecule has 0 aliphatic rings. The first-order valence-corrected chi connectivity index (χ1v) is 18.4. The summed E-state index contributed by atoms with van der Waals surface area (Å²) in [6.45, 7) is 0. The molecule has 8 aromatic rings. The van der Waals surface area contributed by atoms with Crippen LogP contribution in [0.1, 0.15) is 41.9 Å². The number of aliphatic hydroxyl groups excluding tert-OH is 2. The number of Topliss-reactive ketones (excluding diaryl/α,β-unsaturated/α-hetero) is 2. The van der Waals surface area contributed by atoms with Gasteiger partial charge in [-0.3, -0.25) is 9.59 Å². The van der Waals surface area contributed by atoms with Gasteiger partial charge in [-0.1, -0.05) is 84.9 Å². The zero-order valence-corrected chi connectivity index (χ0v) is 30.4. The van der Waals surface area contributed by atoms with Crippen molar-refractivity contribution in [2.75, 3.05) is 0 Å². The van der Waals surface area contributed by atoms with E-state index >= 15 is 0 Å². The molecule has 276 valence electrons. The van der Waals surface area contributed by atoms with Gasteiger partial charge in [-0.15, -0.1) is 22.7 Å². The fraction of sp³-hybridized carbons (Fsp3) is 0. The van der Waals surface area contributed by atoms with E-state index in [1.807, 2.05) is 36.4 Å². The van der Waals surface area contributed by atoms with Crippen LogP contribution in [0.5, 0.6) is 0 Å². The zero-order valence-electron chi connectivity index (χ0n) is 28.8. The summed E-state index contributed by atoms with van der Waals surface area (Å²) in [7, 11) is 0. The van der Waals surface area contributed by atoms with Crippen LogP contribution in [0.25, 0.3) is 43.1 Å². The van der Waals surface area contributed by atoms with Crippen LogP contribution in [-0.2, 0) is 0 Å². The molecule has 0 saturated heterocycles. The minimum absolute atomic E-state index is 0.0996. The van der Waals surface area contributed by atoms with Gasteiger partial charge in [0.1, 0.15) is 55.9 Å². The highest BCUT2D eigenvalue weighted by Crippen LogP contribution is 2.35. The molecule has 6 aromatic carbocycles. The number of aliphatic hydroxyl groups is 2. The number of hydrogen-bond donors (Lipinski definition) is 2. The maximum Gasteiger partial charge on any atom is 0.199 e. The number of thiazole rings is 2. The van der Waals surface area contributed by atoms with Gasteiger partial charge in [0, 0.05) is 34.4 Å². The third-order valence-electron chi connectivity index (χ3n) is 8.29. The smallest absolute Gasteiger partial charge is 0.199 e. The largest absolute Gasteiger partial charge is 0.506 e. The molecule has 0 aliphatic heterocycles. The van der Waals surface area contributed by atoms with Crippen molar-refractivity contribution in [1.82, 2.24) is 9.97 Å². The molecule has 0 aliphatic carbocycles. The molecule has 0 radical (unpaired) electrons. The molecule has 0 bridgehead atoms. The van der Waals surface area contributed by atoms with E-state index in [0.29, 0.717) is 34.3 Å². The van der Waals surface area contributed by atoms with Crippen molar-refractivity contribution in [3.63, 3.8) is 0 Å². The summed E-state index contributed by atoms with van der Waals surface area (Å²) in [6.07, 6.45) is 0. The Morgan fingerprint density at radius 2 is 0.750 bits per heavy atom. The lowest BCUT2D eigenvalue weighted by Gasteiger charge is -2.09. The summed E-state index contributed by atoms with van der Waals surface area (Å²) >= 11 is 2.44. The molecule has 2 heterocycles. The lowest BCUT2D eigenvalue weighted by atomic mass is 9.99. The molecule has 0 atom stereocenters. The van der Waals surface area contributed by atoms with E-state index < -0.39 is 46.4 Å². The SMILES string of the molecule is O=C(C(=C(O)c1cc(F)cc(F)c1)c1nc2ccccc2s1)c1ccccc1.O=C(C(=C(O)c1cc(F)cc(F)c1)c1nc2ccccc2s1)c1ccccc1. The zero-order chi connectivity index (χ0) is 39.3. The first kappa shape index (κ1) is 37.6. The van der Waals surface area contributed by atoms with E-state index in [2.05, 4.69) is 9.97 Å². The maximum atomic E-state index is 13.7. The van der Waals surface area contributed by atoms with Gasteiger partial charge >= 0.3 is 0 Å². The quantitative estimate of drug-likeness (QED) is 0.0688. The lowest BCUT2D eigenvalue weighted by Crippen LogP contribution is -2.06. The molecule has 0 saturated carbocycles. The summed E-state index contributed by atoms with van der Waals surface area (Å²) in [5.41, 5.74) is 1.54. The Morgan fingerprint density at radius 3 is 1.09 bits per heavy atom. The molecule has 0 amide bonds. The van der Waals surface area contributed by atoms with Gasteiger partial charge in [-0.25, -0.2) is 27.5 Å². The van der Waals surface area contributed by atoms with Crippen LogP contribution >= 0.6 is 22.7 Å². The number of carbonyl (C=O) groups is 2. The highest BCUT2D eigenvalue weighted by atomic mass is 32.1. The van der Waals surface area contributed by atoms with Crippen molar-refractivity contribution in [2.45, 2.75) is 0 Å². The predicted molar refractivity (Wildman–Crippen MR) is 212 cm³/mol. The van der Waals surface area contributed by atoms with Crippen molar-refractivity contribution in [2.24, 2.45) is 0 Å². The number of fused-ring (bicyclic) bond motifs is 2. The van der Waals surface area contributed by atoms with Gasteiger partial charge < -0.3 is 10.2 Å². The van der Waals surface area contributed by atoms with E-state index in [0.717, 1.165) is 33.7 Å². The fourth-order valence-corrected chi connectivity index (χ4v) is 7.72. The van der Waals surface area contributed by atoms with Crippen molar-refractivity contribution in [3.8, 4) is 0 Å². The number of ketones is 2. The number of benzene rings is 6. The average molecular weight is 787 g/mol. The number of halogens is 4. The number of allylic oxidation sites excluding steroid dienone is 2. The Balaban J connectivity index is 0.000000172. The Hall–Kier alpha value is -6.76. The minimum Gasteiger partial charge on any atom is -0.506 e. The number of nitrogens with zero attached hydrogens (tertiary/aromatic N) is 2.